The van der Waals surface area contributed by atoms with Gasteiger partial charge in [0.05, 0.1) is 12.2 Å². The first-order valence-corrected chi connectivity index (χ1v) is 5.82. The van der Waals surface area contributed by atoms with E-state index in [0.717, 1.165) is 12.8 Å². The van der Waals surface area contributed by atoms with E-state index in [-0.39, 0.29) is 22.7 Å². The minimum atomic E-state index is -0.0501. The Labute approximate surface area is 104 Å². The first kappa shape index (κ1) is 12.3. The zero-order valence-corrected chi connectivity index (χ0v) is 10.3. The number of nitrogens with zero attached hydrogens (tertiary/aromatic N) is 2. The molecule has 0 bridgehead atoms. The smallest absolute Gasteiger partial charge is 0.156 e. The number of aryl methyl sites for hydroxylation is 1. The maximum atomic E-state index is 10.9. The normalized spacial score (nSPS) is 16.6. The van der Waals surface area contributed by atoms with Crippen molar-refractivity contribution in [3.8, 4) is 0 Å². The second-order valence-corrected chi connectivity index (χ2v) is 4.81. The number of aliphatic hydroxyl groups is 1. The average molecular weight is 256 g/mol. The summed E-state index contributed by atoms with van der Waals surface area (Å²) in [5, 5.41) is 12.4. The summed E-state index contributed by atoms with van der Waals surface area (Å²) in [6.07, 6.45) is 2.62. The molecule has 2 N–H and O–H groups in total. The Kier molecular flexibility index (Phi) is 3.31. The summed E-state index contributed by atoms with van der Waals surface area (Å²) < 4.78 is 0. The molecule has 0 aromatic carbocycles. The van der Waals surface area contributed by atoms with E-state index < -0.39 is 0 Å². The number of anilines is 1. The number of halogens is 1. The number of nitrogens with one attached hydrogen (secondary N) is 1. The van der Waals surface area contributed by atoms with Crippen LogP contribution in [0.5, 0.6) is 0 Å². The van der Waals surface area contributed by atoms with E-state index in [2.05, 4.69) is 15.3 Å². The fourth-order valence-corrected chi connectivity index (χ4v) is 1.88. The Bertz CT molecular complexity index is 447. The van der Waals surface area contributed by atoms with E-state index in [1.54, 1.807) is 6.92 Å². The highest BCUT2D eigenvalue weighted by atomic mass is 35.5. The SMILES string of the molecule is Cc1nc(Cl)c(C=O)c(NCC2(CO)CC2)n1. The van der Waals surface area contributed by atoms with Gasteiger partial charge in [0.2, 0.25) is 0 Å². The minimum Gasteiger partial charge on any atom is -0.396 e. The zero-order chi connectivity index (χ0) is 12.5. The molecular formula is C11H14ClN3O2. The number of aldehydes is 1. The molecule has 0 radical (unpaired) electrons. The van der Waals surface area contributed by atoms with E-state index in [9.17, 15) is 9.90 Å². The third kappa shape index (κ3) is 2.56. The highest BCUT2D eigenvalue weighted by Crippen LogP contribution is 2.45. The van der Waals surface area contributed by atoms with Crippen molar-refractivity contribution < 1.29 is 9.90 Å². The molecule has 92 valence electrons. The number of hydrogen-bond donors (Lipinski definition) is 2. The van der Waals surface area contributed by atoms with Crippen LogP contribution < -0.4 is 5.32 Å². The van der Waals surface area contributed by atoms with Gasteiger partial charge in [-0.25, -0.2) is 9.97 Å². The lowest BCUT2D eigenvalue weighted by molar-refractivity contribution is 0.112. The lowest BCUT2D eigenvalue weighted by Gasteiger charge is -2.14. The second kappa shape index (κ2) is 4.58. The van der Waals surface area contributed by atoms with Gasteiger partial charge in [0.15, 0.2) is 6.29 Å². The molecule has 0 saturated heterocycles. The minimum absolute atomic E-state index is 0.0501. The molecule has 17 heavy (non-hydrogen) atoms. The Balaban J connectivity index is 2.17. The van der Waals surface area contributed by atoms with Crippen molar-refractivity contribution in [1.29, 1.82) is 0 Å². The maximum Gasteiger partial charge on any atom is 0.156 e. The molecule has 1 saturated carbocycles. The number of aliphatic hydroxyl groups excluding tert-OH is 1. The monoisotopic (exact) mass is 255 g/mol. The zero-order valence-electron chi connectivity index (χ0n) is 9.53. The Morgan fingerprint density at radius 2 is 2.24 bits per heavy atom. The standard InChI is InChI=1S/C11H14ClN3O2/c1-7-14-9(12)8(4-16)10(15-7)13-5-11(6-17)2-3-11/h4,17H,2-3,5-6H2,1H3,(H,13,14,15). The molecule has 1 heterocycles. The lowest BCUT2D eigenvalue weighted by Crippen LogP contribution is -2.20. The van der Waals surface area contributed by atoms with Gasteiger partial charge in [-0.3, -0.25) is 4.79 Å². The Morgan fingerprint density at radius 1 is 1.53 bits per heavy atom. The van der Waals surface area contributed by atoms with Gasteiger partial charge in [-0.05, 0) is 19.8 Å². The lowest BCUT2D eigenvalue weighted by atomic mass is 10.1. The predicted octanol–water partition coefficient (Wildman–Crippen LogP) is 1.44. The van der Waals surface area contributed by atoms with Gasteiger partial charge >= 0.3 is 0 Å². The number of carbonyl (C=O) groups is 1. The fourth-order valence-electron chi connectivity index (χ4n) is 1.62. The van der Waals surface area contributed by atoms with Crippen LogP contribution in [0.25, 0.3) is 0 Å². The highest BCUT2D eigenvalue weighted by molar-refractivity contribution is 6.32. The van der Waals surface area contributed by atoms with Gasteiger partial charge in [-0.2, -0.15) is 0 Å². The number of carbonyl (C=O) groups excluding carboxylic acids is 1. The number of aromatic nitrogens is 2. The van der Waals surface area contributed by atoms with Crippen molar-refractivity contribution in [3.63, 3.8) is 0 Å². The summed E-state index contributed by atoms with van der Waals surface area (Å²) in [4.78, 5) is 19.0. The number of hydrogen-bond acceptors (Lipinski definition) is 5. The summed E-state index contributed by atoms with van der Waals surface area (Å²) in [6.45, 7) is 2.45. The van der Waals surface area contributed by atoms with Crippen LogP contribution >= 0.6 is 11.6 Å². The van der Waals surface area contributed by atoms with Crippen LogP contribution in [0.2, 0.25) is 5.15 Å². The van der Waals surface area contributed by atoms with Gasteiger partial charge < -0.3 is 10.4 Å². The Morgan fingerprint density at radius 3 is 2.76 bits per heavy atom. The summed E-state index contributed by atoms with van der Waals surface area (Å²) >= 11 is 5.86. The van der Waals surface area contributed by atoms with E-state index in [1.807, 2.05) is 0 Å². The van der Waals surface area contributed by atoms with E-state index >= 15 is 0 Å². The van der Waals surface area contributed by atoms with Crippen LogP contribution in [-0.2, 0) is 0 Å². The van der Waals surface area contributed by atoms with Crippen molar-refractivity contribution in [1.82, 2.24) is 9.97 Å². The molecular weight excluding hydrogens is 242 g/mol. The van der Waals surface area contributed by atoms with E-state index in [0.29, 0.717) is 24.5 Å². The van der Waals surface area contributed by atoms with Crippen LogP contribution in [0.1, 0.15) is 29.0 Å². The van der Waals surface area contributed by atoms with E-state index in [1.165, 1.54) is 0 Å². The second-order valence-electron chi connectivity index (χ2n) is 4.45. The number of rotatable bonds is 5. The first-order chi connectivity index (χ1) is 8.10. The molecule has 0 atom stereocenters. The molecule has 1 aromatic rings. The molecule has 5 nitrogen and oxygen atoms in total. The van der Waals surface area contributed by atoms with Crippen LogP contribution in [0.15, 0.2) is 0 Å². The van der Waals surface area contributed by atoms with Crippen LogP contribution in [0, 0.1) is 12.3 Å². The van der Waals surface area contributed by atoms with Crippen molar-refractivity contribution in [2.24, 2.45) is 5.41 Å². The molecule has 0 amide bonds. The first-order valence-electron chi connectivity index (χ1n) is 5.44. The molecule has 1 aliphatic rings. The topological polar surface area (TPSA) is 75.1 Å². The third-order valence-electron chi connectivity index (χ3n) is 3.05. The largest absolute Gasteiger partial charge is 0.396 e. The molecule has 2 rings (SSSR count). The van der Waals surface area contributed by atoms with Gasteiger partial charge in [-0.1, -0.05) is 11.6 Å². The van der Waals surface area contributed by atoms with Gasteiger partial charge in [0.1, 0.15) is 16.8 Å². The summed E-state index contributed by atoms with van der Waals surface area (Å²) in [5.74, 6) is 0.953. The molecule has 0 spiro atoms. The summed E-state index contributed by atoms with van der Waals surface area (Å²) in [7, 11) is 0. The van der Waals surface area contributed by atoms with Crippen LogP contribution in [-0.4, -0.2) is 34.5 Å². The molecule has 1 aromatic heterocycles. The average Bonchev–Trinajstić information content (AvgIpc) is 3.06. The van der Waals surface area contributed by atoms with Crippen LogP contribution in [0.4, 0.5) is 5.82 Å². The van der Waals surface area contributed by atoms with Crippen molar-refractivity contribution in [2.75, 3.05) is 18.5 Å². The van der Waals surface area contributed by atoms with E-state index in [4.69, 9.17) is 11.6 Å². The van der Waals surface area contributed by atoms with Gasteiger partial charge in [-0.15, -0.1) is 0 Å². The van der Waals surface area contributed by atoms with Crippen molar-refractivity contribution >= 4 is 23.7 Å². The summed E-state index contributed by atoms with van der Waals surface area (Å²) in [6, 6.07) is 0. The molecule has 0 unspecified atom stereocenters. The van der Waals surface area contributed by atoms with Crippen LogP contribution in [0.3, 0.4) is 0 Å². The predicted molar refractivity (Wildman–Crippen MR) is 64.4 cm³/mol. The molecule has 6 heteroatoms. The third-order valence-corrected chi connectivity index (χ3v) is 3.34. The van der Waals surface area contributed by atoms with Crippen molar-refractivity contribution in [3.05, 3.63) is 16.5 Å². The Hall–Kier alpha value is -1.20. The molecule has 1 aliphatic carbocycles. The van der Waals surface area contributed by atoms with Crippen molar-refractivity contribution in [2.45, 2.75) is 19.8 Å². The van der Waals surface area contributed by atoms with Gasteiger partial charge in [0.25, 0.3) is 0 Å². The van der Waals surface area contributed by atoms with Gasteiger partial charge in [0, 0.05) is 12.0 Å². The maximum absolute atomic E-state index is 10.9. The summed E-state index contributed by atoms with van der Waals surface area (Å²) in [5.41, 5.74) is 0.219. The quantitative estimate of drug-likeness (QED) is 0.615. The fraction of sp³-hybridized carbons (Fsp3) is 0.545. The molecule has 0 aliphatic heterocycles. The highest BCUT2D eigenvalue weighted by Gasteiger charge is 2.41. The molecule has 1 fully saturated rings.